The predicted molar refractivity (Wildman–Crippen MR) is 64.9 cm³/mol. The molecule has 16 heavy (non-hydrogen) atoms. The highest BCUT2D eigenvalue weighted by atomic mass is 16.3. The van der Waals surface area contributed by atoms with E-state index in [4.69, 9.17) is 0 Å². The molecule has 81 valence electrons. The van der Waals surface area contributed by atoms with Gasteiger partial charge in [0.2, 0.25) is 0 Å². The van der Waals surface area contributed by atoms with Crippen molar-refractivity contribution in [3.05, 3.63) is 70.8 Å². The van der Waals surface area contributed by atoms with Crippen molar-refractivity contribution in [1.82, 2.24) is 0 Å². The van der Waals surface area contributed by atoms with Gasteiger partial charge in [0.15, 0.2) is 0 Å². The molecule has 0 saturated carbocycles. The van der Waals surface area contributed by atoms with Crippen LogP contribution in [0.5, 0.6) is 0 Å². The monoisotopic (exact) mass is 211 g/mol. The largest absolute Gasteiger partial charge is 0.223 e. The molecular weight excluding hydrogens is 196 g/mol. The molecule has 1 nitrogen and oxygen atoms in total. The minimum atomic E-state index is -0.776. The normalized spacial score (nSPS) is 10.8. The highest BCUT2D eigenvalue weighted by molar-refractivity contribution is 5.38. The molecule has 0 fully saturated rings. The van der Waals surface area contributed by atoms with Gasteiger partial charge in [-0.15, -0.1) is 0 Å². The Bertz CT molecular complexity index is 443. The van der Waals surface area contributed by atoms with Crippen LogP contribution in [-0.4, -0.2) is 0 Å². The molecule has 0 unspecified atom stereocenters. The van der Waals surface area contributed by atoms with Crippen LogP contribution >= 0.6 is 0 Å². The van der Waals surface area contributed by atoms with Crippen molar-refractivity contribution in [2.45, 2.75) is 20.0 Å². The van der Waals surface area contributed by atoms with Crippen LogP contribution in [0.1, 0.15) is 28.4 Å². The molecule has 2 aromatic carbocycles. The minimum absolute atomic E-state index is 0.776. The number of hydrogen-bond acceptors (Lipinski definition) is 0. The van der Waals surface area contributed by atoms with E-state index >= 15 is 0 Å². The topological polar surface area (TPSA) is 19.9 Å². The summed E-state index contributed by atoms with van der Waals surface area (Å²) in [6.07, 6.45) is -0.776. The summed E-state index contributed by atoms with van der Waals surface area (Å²) in [5, 5.41) is 12.4. The van der Waals surface area contributed by atoms with Crippen LogP contribution in [0.2, 0.25) is 0 Å². The lowest BCUT2D eigenvalue weighted by atomic mass is 9.95. The Morgan fingerprint density at radius 3 is 1.50 bits per heavy atom. The summed E-state index contributed by atoms with van der Waals surface area (Å²) < 4.78 is 0. The van der Waals surface area contributed by atoms with E-state index in [-0.39, 0.29) is 0 Å². The van der Waals surface area contributed by atoms with Crippen LogP contribution in [0.25, 0.3) is 0 Å². The lowest BCUT2D eigenvalue weighted by Gasteiger charge is -2.14. The molecule has 0 aliphatic heterocycles. The first-order valence-corrected chi connectivity index (χ1v) is 5.47. The van der Waals surface area contributed by atoms with Gasteiger partial charge < -0.3 is 0 Å². The summed E-state index contributed by atoms with van der Waals surface area (Å²) in [4.78, 5) is 0. The van der Waals surface area contributed by atoms with Gasteiger partial charge in [0.05, 0.1) is 0 Å². The van der Waals surface area contributed by atoms with Crippen molar-refractivity contribution >= 4 is 0 Å². The van der Waals surface area contributed by atoms with E-state index in [1.165, 1.54) is 0 Å². The molecule has 0 bridgehead atoms. The van der Waals surface area contributed by atoms with Crippen molar-refractivity contribution in [3.8, 4) is 0 Å². The zero-order valence-corrected chi connectivity index (χ0v) is 9.60. The average molecular weight is 211 g/mol. The lowest BCUT2D eigenvalue weighted by Crippen LogP contribution is -2.02. The third-order valence-corrected chi connectivity index (χ3v) is 2.94. The molecule has 0 aliphatic carbocycles. The van der Waals surface area contributed by atoms with Crippen LogP contribution < -0.4 is 0 Å². The quantitative estimate of drug-likeness (QED) is 0.719. The summed E-state index contributed by atoms with van der Waals surface area (Å²) in [5.41, 5.74) is 3.87. The fraction of sp³-hybridized carbons (Fsp3) is 0.200. The lowest BCUT2D eigenvalue weighted by molar-refractivity contribution is 0.123. The summed E-state index contributed by atoms with van der Waals surface area (Å²) in [6, 6.07) is 15.6. The van der Waals surface area contributed by atoms with Crippen molar-refractivity contribution in [2.24, 2.45) is 0 Å². The maximum atomic E-state index is 12.4. The highest BCUT2D eigenvalue weighted by Crippen LogP contribution is 2.27. The third kappa shape index (κ3) is 2.00. The molecule has 0 aromatic heterocycles. The average Bonchev–Trinajstić information content (AvgIpc) is 2.29. The Morgan fingerprint density at radius 2 is 1.12 bits per heavy atom. The second-order valence-corrected chi connectivity index (χ2v) is 4.09. The third-order valence-electron chi connectivity index (χ3n) is 2.94. The molecule has 0 atom stereocenters. The fourth-order valence-corrected chi connectivity index (χ4v) is 1.93. The van der Waals surface area contributed by atoms with Gasteiger partial charge in [-0.1, -0.05) is 48.5 Å². The molecular formula is C15H15O. The van der Waals surface area contributed by atoms with Gasteiger partial charge >= 0.3 is 0 Å². The van der Waals surface area contributed by atoms with Crippen molar-refractivity contribution in [1.29, 1.82) is 0 Å². The van der Waals surface area contributed by atoms with Gasteiger partial charge in [-0.25, -0.2) is 5.11 Å². The molecule has 0 N–H and O–H groups in total. The first kappa shape index (κ1) is 10.9. The maximum Gasteiger partial charge on any atom is 0.144 e. The number of benzene rings is 2. The molecule has 1 radical (unpaired) electrons. The predicted octanol–water partition coefficient (Wildman–Crippen LogP) is 3.82. The zero-order chi connectivity index (χ0) is 11.5. The van der Waals surface area contributed by atoms with Crippen molar-refractivity contribution in [2.75, 3.05) is 0 Å². The molecule has 0 saturated heterocycles. The summed E-state index contributed by atoms with van der Waals surface area (Å²) in [7, 11) is 0. The minimum Gasteiger partial charge on any atom is -0.223 e. The number of aryl methyl sites for hydroxylation is 2. The van der Waals surface area contributed by atoms with Crippen LogP contribution in [-0.2, 0) is 5.11 Å². The highest BCUT2D eigenvalue weighted by Gasteiger charge is 2.15. The van der Waals surface area contributed by atoms with Gasteiger partial charge in [-0.2, -0.15) is 0 Å². The van der Waals surface area contributed by atoms with E-state index in [2.05, 4.69) is 0 Å². The second kappa shape index (κ2) is 4.50. The Labute approximate surface area is 96.4 Å². The van der Waals surface area contributed by atoms with E-state index in [1.807, 2.05) is 62.4 Å². The van der Waals surface area contributed by atoms with Crippen LogP contribution in [0, 0.1) is 13.8 Å². The van der Waals surface area contributed by atoms with Gasteiger partial charge in [-0.3, -0.25) is 0 Å². The zero-order valence-electron chi connectivity index (χ0n) is 9.60. The van der Waals surface area contributed by atoms with Crippen LogP contribution in [0.3, 0.4) is 0 Å². The Morgan fingerprint density at radius 1 is 0.750 bits per heavy atom. The first-order chi connectivity index (χ1) is 7.70. The molecule has 2 aromatic rings. The van der Waals surface area contributed by atoms with E-state index in [0.717, 1.165) is 22.3 Å². The van der Waals surface area contributed by atoms with E-state index < -0.39 is 6.10 Å². The molecule has 0 amide bonds. The van der Waals surface area contributed by atoms with Gasteiger partial charge in [0.25, 0.3) is 0 Å². The van der Waals surface area contributed by atoms with E-state index in [9.17, 15) is 5.11 Å². The summed E-state index contributed by atoms with van der Waals surface area (Å²) >= 11 is 0. The smallest absolute Gasteiger partial charge is 0.144 e. The standard InChI is InChI=1S/C15H15O/c1-11-7-3-5-9-13(11)15(16)14-10-6-4-8-12(14)2/h3-10,15H,1-2H3. The summed E-state index contributed by atoms with van der Waals surface area (Å²) in [6.45, 7) is 3.97. The van der Waals surface area contributed by atoms with Gasteiger partial charge in [-0.05, 0) is 36.1 Å². The van der Waals surface area contributed by atoms with Crippen LogP contribution in [0.4, 0.5) is 0 Å². The Balaban J connectivity index is 2.44. The summed E-state index contributed by atoms with van der Waals surface area (Å²) in [5.74, 6) is 0. The fourth-order valence-electron chi connectivity index (χ4n) is 1.93. The van der Waals surface area contributed by atoms with Gasteiger partial charge in [0.1, 0.15) is 6.10 Å². The second-order valence-electron chi connectivity index (χ2n) is 4.09. The Kier molecular flexibility index (Phi) is 3.07. The molecule has 1 heteroatoms. The van der Waals surface area contributed by atoms with Crippen molar-refractivity contribution in [3.63, 3.8) is 0 Å². The molecule has 0 aliphatic rings. The van der Waals surface area contributed by atoms with Crippen molar-refractivity contribution < 1.29 is 5.11 Å². The number of hydrogen-bond donors (Lipinski definition) is 0. The SMILES string of the molecule is Cc1ccccc1C([O])c1ccccc1C. The van der Waals surface area contributed by atoms with E-state index in [1.54, 1.807) is 0 Å². The molecule has 0 spiro atoms. The first-order valence-electron chi connectivity index (χ1n) is 5.47. The Hall–Kier alpha value is -1.60. The van der Waals surface area contributed by atoms with Crippen LogP contribution in [0.15, 0.2) is 48.5 Å². The molecule has 2 rings (SSSR count). The maximum absolute atomic E-state index is 12.4. The van der Waals surface area contributed by atoms with E-state index in [0.29, 0.717) is 0 Å². The molecule has 0 heterocycles. The van der Waals surface area contributed by atoms with Gasteiger partial charge in [0, 0.05) is 0 Å². The number of rotatable bonds is 2.